The van der Waals surface area contributed by atoms with Gasteiger partial charge in [0.1, 0.15) is 5.60 Å². The third kappa shape index (κ3) is 8.89. The Morgan fingerprint density at radius 3 is 2.36 bits per heavy atom. The molecule has 1 rings (SSSR count). The molecule has 7 heteroatoms. The maximum atomic E-state index is 12.4. The molecule has 0 aromatic rings. The Kier molecular flexibility index (Phi) is 9.19. The summed E-state index contributed by atoms with van der Waals surface area (Å²) >= 11 is 0. The number of nitrogens with zero attached hydrogens (tertiary/aromatic N) is 1. The van der Waals surface area contributed by atoms with Crippen molar-refractivity contribution < 1.29 is 23.1 Å². The molecule has 1 amide bonds. The topological polar surface area (TPSA) is 65.1 Å². The summed E-state index contributed by atoms with van der Waals surface area (Å²) in [4.78, 5) is 14.0. The Balaban J connectivity index is 2.51. The summed E-state index contributed by atoms with van der Waals surface area (Å²) in [5.41, 5.74) is -0.467. The smallest absolute Gasteiger partial charge is 0.410 e. The van der Waals surface area contributed by atoms with Crippen molar-refractivity contribution >= 4 is 13.7 Å². The minimum Gasteiger partial charge on any atom is -0.444 e. The van der Waals surface area contributed by atoms with Crippen molar-refractivity contribution in [3.63, 3.8) is 0 Å². The van der Waals surface area contributed by atoms with Gasteiger partial charge in [0, 0.05) is 18.9 Å². The van der Waals surface area contributed by atoms with Crippen LogP contribution < -0.4 is 0 Å². The Bertz CT molecular complexity index is 476. The molecule has 146 valence electrons. The molecule has 0 bridgehead atoms. The minimum atomic E-state index is -3.11. The summed E-state index contributed by atoms with van der Waals surface area (Å²) in [5, 5.41) is 0. The molecule has 0 aromatic heterocycles. The largest absolute Gasteiger partial charge is 0.444 e. The van der Waals surface area contributed by atoms with E-state index in [0.717, 1.165) is 32.2 Å². The van der Waals surface area contributed by atoms with E-state index in [9.17, 15) is 9.36 Å². The number of carbonyl (C=O) groups is 1. The molecule has 0 saturated carbocycles. The van der Waals surface area contributed by atoms with E-state index in [1.165, 1.54) is 0 Å². The number of amides is 1. The normalized spacial score (nSPS) is 19.9. The van der Waals surface area contributed by atoms with Crippen molar-refractivity contribution in [3.05, 3.63) is 11.9 Å². The fraction of sp³-hybridized carbons (Fsp3) is 0.833. The van der Waals surface area contributed by atoms with Crippen LogP contribution in [0, 0.1) is 5.92 Å². The number of hydrogen-bond donors (Lipinski definition) is 0. The maximum absolute atomic E-state index is 12.4. The molecule has 1 atom stereocenters. The number of hydrogen-bond acceptors (Lipinski definition) is 5. The standard InChI is InChI=1S/C18H34NO5P/c1-6-22-25(21,23-7-2)15-9-11-16-10-8-13-19(14-12-16)17(20)24-18(3,4)5/h9,15-16H,6-8,10-14H2,1-5H3/b15-9+. The van der Waals surface area contributed by atoms with Gasteiger partial charge in [-0.15, -0.1) is 0 Å². The summed E-state index contributed by atoms with van der Waals surface area (Å²) < 4.78 is 28.4. The zero-order valence-electron chi connectivity index (χ0n) is 16.3. The number of likely N-dealkylation sites (tertiary alicyclic amines) is 1. The fourth-order valence-corrected chi connectivity index (χ4v) is 4.12. The number of allylic oxidation sites excluding steroid dienone is 1. The van der Waals surface area contributed by atoms with E-state index in [4.69, 9.17) is 13.8 Å². The van der Waals surface area contributed by atoms with Crippen LogP contribution >= 0.6 is 7.60 Å². The molecular formula is C18H34NO5P. The van der Waals surface area contributed by atoms with Crippen LogP contribution in [-0.2, 0) is 18.3 Å². The van der Waals surface area contributed by atoms with Crippen LogP contribution in [0.2, 0.25) is 0 Å². The third-order valence-corrected chi connectivity index (χ3v) is 5.69. The highest BCUT2D eigenvalue weighted by Gasteiger charge is 2.25. The van der Waals surface area contributed by atoms with Crippen LogP contribution in [0.15, 0.2) is 11.9 Å². The molecule has 0 aromatic carbocycles. The molecular weight excluding hydrogens is 341 g/mol. The van der Waals surface area contributed by atoms with Crippen LogP contribution in [0.5, 0.6) is 0 Å². The van der Waals surface area contributed by atoms with Crippen molar-refractivity contribution in [2.24, 2.45) is 5.92 Å². The van der Waals surface area contributed by atoms with Gasteiger partial charge >= 0.3 is 13.7 Å². The molecule has 0 spiro atoms. The van der Waals surface area contributed by atoms with E-state index in [2.05, 4.69) is 0 Å². The number of ether oxygens (including phenoxy) is 1. The molecule has 1 saturated heterocycles. The van der Waals surface area contributed by atoms with Crippen LogP contribution in [0.1, 0.15) is 60.3 Å². The van der Waals surface area contributed by atoms with Crippen molar-refractivity contribution in [2.75, 3.05) is 26.3 Å². The number of carbonyl (C=O) groups excluding carboxylic acids is 1. The van der Waals surface area contributed by atoms with Gasteiger partial charge in [-0.3, -0.25) is 4.57 Å². The van der Waals surface area contributed by atoms with Gasteiger partial charge in [-0.05, 0) is 66.2 Å². The Morgan fingerprint density at radius 1 is 1.16 bits per heavy atom. The number of rotatable bonds is 7. The summed E-state index contributed by atoms with van der Waals surface area (Å²) in [6, 6.07) is 0. The van der Waals surface area contributed by atoms with Crippen molar-refractivity contribution in [1.82, 2.24) is 4.90 Å². The van der Waals surface area contributed by atoms with Crippen LogP contribution in [-0.4, -0.2) is 42.9 Å². The fourth-order valence-electron chi connectivity index (χ4n) is 2.78. The summed E-state index contributed by atoms with van der Waals surface area (Å²) in [5.74, 6) is 2.04. The Labute approximate surface area is 152 Å². The van der Waals surface area contributed by atoms with Gasteiger partial charge in [0.15, 0.2) is 0 Å². The Hall–Kier alpha value is -0.840. The lowest BCUT2D eigenvalue weighted by atomic mass is 9.97. The van der Waals surface area contributed by atoms with Gasteiger partial charge in [-0.1, -0.05) is 6.08 Å². The second-order valence-corrected chi connectivity index (χ2v) is 9.15. The zero-order chi connectivity index (χ0) is 18.9. The van der Waals surface area contributed by atoms with Crippen LogP contribution in [0.25, 0.3) is 0 Å². The summed E-state index contributed by atoms with van der Waals surface area (Å²) in [6.07, 6.45) is 5.38. The molecule has 1 aliphatic rings. The molecule has 0 N–H and O–H groups in total. The van der Waals surface area contributed by atoms with Gasteiger partial charge in [0.2, 0.25) is 0 Å². The average Bonchev–Trinajstić information content (AvgIpc) is 2.72. The SMILES string of the molecule is CCOP(=O)(/C=C/CC1CCCN(C(=O)OC(C)(C)C)CC1)OCC. The van der Waals surface area contributed by atoms with Gasteiger partial charge in [-0.25, -0.2) is 4.79 Å². The molecule has 1 unspecified atom stereocenters. The summed E-state index contributed by atoms with van der Waals surface area (Å²) in [6.45, 7) is 11.4. The highest BCUT2D eigenvalue weighted by atomic mass is 31.2. The van der Waals surface area contributed by atoms with Crippen molar-refractivity contribution in [1.29, 1.82) is 0 Å². The second kappa shape index (κ2) is 10.3. The van der Waals surface area contributed by atoms with E-state index in [0.29, 0.717) is 25.7 Å². The predicted octanol–water partition coefficient (Wildman–Crippen LogP) is 5.19. The molecule has 0 aliphatic carbocycles. The monoisotopic (exact) mass is 375 g/mol. The zero-order valence-corrected chi connectivity index (χ0v) is 17.2. The first-order chi connectivity index (χ1) is 11.7. The van der Waals surface area contributed by atoms with E-state index in [1.807, 2.05) is 26.8 Å². The molecule has 1 heterocycles. The lowest BCUT2D eigenvalue weighted by Gasteiger charge is -2.26. The van der Waals surface area contributed by atoms with E-state index < -0.39 is 13.2 Å². The highest BCUT2D eigenvalue weighted by molar-refractivity contribution is 7.57. The first-order valence-corrected chi connectivity index (χ1v) is 10.8. The Morgan fingerprint density at radius 2 is 1.80 bits per heavy atom. The minimum absolute atomic E-state index is 0.235. The van der Waals surface area contributed by atoms with Gasteiger partial charge in [-0.2, -0.15) is 0 Å². The highest BCUT2D eigenvalue weighted by Crippen LogP contribution is 2.49. The van der Waals surface area contributed by atoms with E-state index >= 15 is 0 Å². The third-order valence-electron chi connectivity index (χ3n) is 3.87. The quantitative estimate of drug-likeness (QED) is 0.573. The molecule has 1 aliphatic heterocycles. The maximum Gasteiger partial charge on any atom is 0.410 e. The van der Waals surface area contributed by atoms with Gasteiger partial charge < -0.3 is 18.7 Å². The van der Waals surface area contributed by atoms with E-state index in [-0.39, 0.29) is 6.09 Å². The lowest BCUT2D eigenvalue weighted by Crippen LogP contribution is -2.37. The molecule has 0 radical (unpaired) electrons. The molecule has 1 fully saturated rings. The predicted molar refractivity (Wildman–Crippen MR) is 99.8 cm³/mol. The first kappa shape index (κ1) is 22.2. The van der Waals surface area contributed by atoms with Crippen LogP contribution in [0.4, 0.5) is 4.79 Å². The van der Waals surface area contributed by atoms with Crippen molar-refractivity contribution in [3.8, 4) is 0 Å². The summed E-state index contributed by atoms with van der Waals surface area (Å²) in [7, 11) is -3.11. The molecule has 6 nitrogen and oxygen atoms in total. The van der Waals surface area contributed by atoms with Crippen LogP contribution in [0.3, 0.4) is 0 Å². The van der Waals surface area contributed by atoms with Crippen molar-refractivity contribution in [2.45, 2.75) is 65.9 Å². The first-order valence-electron chi connectivity index (χ1n) is 9.23. The van der Waals surface area contributed by atoms with E-state index in [1.54, 1.807) is 24.6 Å². The second-order valence-electron chi connectivity index (χ2n) is 7.26. The average molecular weight is 375 g/mol. The lowest BCUT2D eigenvalue weighted by molar-refractivity contribution is 0.0255. The molecule has 25 heavy (non-hydrogen) atoms. The van der Waals surface area contributed by atoms with Gasteiger partial charge in [0.05, 0.1) is 13.2 Å². The van der Waals surface area contributed by atoms with Gasteiger partial charge in [0.25, 0.3) is 0 Å².